The van der Waals surface area contributed by atoms with Crippen LogP contribution < -0.4 is 10.2 Å². The average Bonchev–Trinajstić information content (AvgIpc) is 2.46. The van der Waals surface area contributed by atoms with Crippen LogP contribution in [0.4, 0.5) is 11.5 Å². The average molecular weight is 293 g/mol. The van der Waals surface area contributed by atoms with Gasteiger partial charge in [-0.15, -0.1) is 0 Å². The fourth-order valence-corrected chi connectivity index (χ4v) is 1.97. The molecule has 6 nitrogen and oxygen atoms in total. The van der Waals surface area contributed by atoms with Crippen molar-refractivity contribution in [3.8, 4) is 0 Å². The summed E-state index contributed by atoms with van der Waals surface area (Å²) in [6, 6.07) is 3.66. The predicted octanol–water partition coefficient (Wildman–Crippen LogP) is 2.51. The van der Waals surface area contributed by atoms with Crippen molar-refractivity contribution >= 4 is 23.4 Å². The second kappa shape index (κ2) is 8.94. The van der Waals surface area contributed by atoms with Gasteiger partial charge in [0, 0.05) is 19.5 Å². The zero-order valence-corrected chi connectivity index (χ0v) is 12.6. The number of pyridine rings is 1. The standard InChI is InChI=1S/C15H23N3O3/c1-3-9-18(10-4-2)13-6-5-12(11-16-13)17-14(19)7-8-15(20)21/h5-6,11H,3-4,7-10H2,1-2H3,(H,17,19)(H,20,21). The van der Waals surface area contributed by atoms with Crippen LogP contribution in [0.1, 0.15) is 39.5 Å². The summed E-state index contributed by atoms with van der Waals surface area (Å²) in [4.78, 5) is 28.5. The summed E-state index contributed by atoms with van der Waals surface area (Å²) in [7, 11) is 0. The number of carbonyl (C=O) groups excluding carboxylic acids is 1. The van der Waals surface area contributed by atoms with Gasteiger partial charge in [-0.1, -0.05) is 13.8 Å². The summed E-state index contributed by atoms with van der Waals surface area (Å²) >= 11 is 0. The van der Waals surface area contributed by atoms with E-state index in [1.54, 1.807) is 12.3 Å². The zero-order valence-electron chi connectivity index (χ0n) is 12.6. The lowest BCUT2D eigenvalue weighted by atomic mass is 10.3. The van der Waals surface area contributed by atoms with Gasteiger partial charge in [-0.3, -0.25) is 9.59 Å². The molecule has 0 atom stereocenters. The molecule has 0 saturated carbocycles. The van der Waals surface area contributed by atoms with E-state index in [-0.39, 0.29) is 18.7 Å². The largest absolute Gasteiger partial charge is 0.481 e. The second-order valence-electron chi connectivity index (χ2n) is 4.83. The van der Waals surface area contributed by atoms with Gasteiger partial charge in [0.2, 0.25) is 5.91 Å². The normalized spacial score (nSPS) is 10.2. The van der Waals surface area contributed by atoms with Crippen molar-refractivity contribution in [2.45, 2.75) is 39.5 Å². The van der Waals surface area contributed by atoms with Gasteiger partial charge in [0.15, 0.2) is 0 Å². The fourth-order valence-electron chi connectivity index (χ4n) is 1.97. The van der Waals surface area contributed by atoms with Crippen molar-refractivity contribution in [1.29, 1.82) is 0 Å². The molecule has 0 aromatic carbocycles. The number of carboxylic acid groups (broad SMARTS) is 1. The fraction of sp³-hybridized carbons (Fsp3) is 0.533. The van der Waals surface area contributed by atoms with Gasteiger partial charge >= 0.3 is 5.97 Å². The predicted molar refractivity (Wildman–Crippen MR) is 82.5 cm³/mol. The molecule has 0 bridgehead atoms. The first-order valence-corrected chi connectivity index (χ1v) is 7.29. The number of carboxylic acids is 1. The van der Waals surface area contributed by atoms with E-state index >= 15 is 0 Å². The minimum absolute atomic E-state index is 0.0329. The molecule has 1 aromatic rings. The van der Waals surface area contributed by atoms with E-state index in [1.165, 1.54) is 0 Å². The Hall–Kier alpha value is -2.11. The Morgan fingerprint density at radius 3 is 2.33 bits per heavy atom. The second-order valence-corrected chi connectivity index (χ2v) is 4.83. The van der Waals surface area contributed by atoms with E-state index < -0.39 is 5.97 Å². The first-order chi connectivity index (χ1) is 10.1. The molecule has 0 aliphatic rings. The van der Waals surface area contributed by atoms with Crippen LogP contribution in [-0.2, 0) is 9.59 Å². The summed E-state index contributed by atoms with van der Waals surface area (Å²) < 4.78 is 0. The molecule has 6 heteroatoms. The monoisotopic (exact) mass is 293 g/mol. The molecule has 21 heavy (non-hydrogen) atoms. The Bertz CT molecular complexity index is 454. The molecule has 2 N–H and O–H groups in total. The molecule has 0 spiro atoms. The van der Waals surface area contributed by atoms with Crippen molar-refractivity contribution in [1.82, 2.24) is 4.98 Å². The summed E-state index contributed by atoms with van der Waals surface area (Å²) in [6.07, 6.45) is 3.50. The lowest BCUT2D eigenvalue weighted by molar-refractivity contribution is -0.138. The topological polar surface area (TPSA) is 82.5 Å². The van der Waals surface area contributed by atoms with Gasteiger partial charge in [-0.25, -0.2) is 4.98 Å². The van der Waals surface area contributed by atoms with E-state index in [9.17, 15) is 9.59 Å². The molecule has 0 saturated heterocycles. The minimum Gasteiger partial charge on any atom is -0.481 e. The number of amides is 1. The van der Waals surface area contributed by atoms with Crippen LogP contribution in [0.25, 0.3) is 0 Å². The molecule has 116 valence electrons. The van der Waals surface area contributed by atoms with Crippen LogP contribution in [0.2, 0.25) is 0 Å². The zero-order chi connectivity index (χ0) is 15.7. The van der Waals surface area contributed by atoms with Crippen molar-refractivity contribution in [2.75, 3.05) is 23.3 Å². The third kappa shape index (κ3) is 6.25. The maximum Gasteiger partial charge on any atom is 0.303 e. The van der Waals surface area contributed by atoms with Gasteiger partial charge < -0.3 is 15.3 Å². The van der Waals surface area contributed by atoms with E-state index in [0.29, 0.717) is 5.69 Å². The molecule has 0 unspecified atom stereocenters. The highest BCUT2D eigenvalue weighted by molar-refractivity contribution is 5.92. The highest BCUT2D eigenvalue weighted by atomic mass is 16.4. The van der Waals surface area contributed by atoms with Crippen LogP contribution in [0.3, 0.4) is 0 Å². The Morgan fingerprint density at radius 2 is 1.86 bits per heavy atom. The van der Waals surface area contributed by atoms with E-state index in [1.807, 2.05) is 6.07 Å². The van der Waals surface area contributed by atoms with Crippen molar-refractivity contribution in [2.24, 2.45) is 0 Å². The summed E-state index contributed by atoms with van der Waals surface area (Å²) in [5.41, 5.74) is 0.585. The van der Waals surface area contributed by atoms with Gasteiger partial charge in [-0.05, 0) is 25.0 Å². The van der Waals surface area contributed by atoms with E-state index in [4.69, 9.17) is 5.11 Å². The SMILES string of the molecule is CCCN(CCC)c1ccc(NC(=O)CCC(=O)O)cn1. The maximum atomic E-state index is 11.5. The number of aromatic nitrogens is 1. The van der Waals surface area contributed by atoms with Gasteiger partial charge in [-0.2, -0.15) is 0 Å². The first-order valence-electron chi connectivity index (χ1n) is 7.29. The van der Waals surface area contributed by atoms with Crippen LogP contribution in [0.15, 0.2) is 18.3 Å². The molecule has 0 aliphatic carbocycles. The molecule has 1 aromatic heterocycles. The maximum absolute atomic E-state index is 11.5. The quantitative estimate of drug-likeness (QED) is 0.731. The van der Waals surface area contributed by atoms with Crippen LogP contribution in [0, 0.1) is 0 Å². The third-order valence-corrected chi connectivity index (χ3v) is 2.91. The van der Waals surface area contributed by atoms with Crippen LogP contribution in [-0.4, -0.2) is 35.1 Å². The number of carbonyl (C=O) groups is 2. The van der Waals surface area contributed by atoms with Crippen LogP contribution in [0.5, 0.6) is 0 Å². The molecule has 0 fully saturated rings. The van der Waals surface area contributed by atoms with Crippen LogP contribution >= 0.6 is 0 Å². The minimum atomic E-state index is -0.978. The Balaban J connectivity index is 2.60. The number of nitrogens with one attached hydrogen (secondary N) is 1. The van der Waals surface area contributed by atoms with Crippen molar-refractivity contribution in [3.63, 3.8) is 0 Å². The first kappa shape index (κ1) is 16.9. The molecule has 1 rings (SSSR count). The number of nitrogens with zero attached hydrogens (tertiary/aromatic N) is 2. The van der Waals surface area contributed by atoms with E-state index in [2.05, 4.69) is 29.0 Å². The summed E-state index contributed by atoms with van der Waals surface area (Å²) in [6.45, 7) is 6.15. The lowest BCUT2D eigenvalue weighted by Crippen LogP contribution is -2.25. The molecule has 1 amide bonds. The van der Waals surface area contributed by atoms with Gasteiger partial charge in [0.1, 0.15) is 5.82 Å². The highest BCUT2D eigenvalue weighted by Gasteiger charge is 2.08. The highest BCUT2D eigenvalue weighted by Crippen LogP contribution is 2.15. The van der Waals surface area contributed by atoms with Gasteiger partial charge in [0.05, 0.1) is 18.3 Å². The number of anilines is 2. The number of rotatable bonds is 9. The summed E-state index contributed by atoms with van der Waals surface area (Å²) in [5, 5.41) is 11.2. The number of hydrogen-bond donors (Lipinski definition) is 2. The molecule has 0 radical (unpaired) electrons. The number of hydrogen-bond acceptors (Lipinski definition) is 4. The molecule has 1 heterocycles. The lowest BCUT2D eigenvalue weighted by Gasteiger charge is -2.22. The Morgan fingerprint density at radius 1 is 1.19 bits per heavy atom. The Labute approximate surface area is 125 Å². The Kier molecular flexibility index (Phi) is 7.21. The third-order valence-electron chi connectivity index (χ3n) is 2.91. The van der Waals surface area contributed by atoms with Gasteiger partial charge in [0.25, 0.3) is 0 Å². The summed E-state index contributed by atoms with van der Waals surface area (Å²) in [5.74, 6) is -0.401. The van der Waals surface area contributed by atoms with Crippen molar-refractivity contribution in [3.05, 3.63) is 18.3 Å². The molecular weight excluding hydrogens is 270 g/mol. The molecular formula is C15H23N3O3. The number of aliphatic carboxylic acids is 1. The van der Waals surface area contributed by atoms with E-state index in [0.717, 1.165) is 31.7 Å². The van der Waals surface area contributed by atoms with Crippen molar-refractivity contribution < 1.29 is 14.7 Å². The smallest absolute Gasteiger partial charge is 0.303 e. The molecule has 0 aliphatic heterocycles.